The lowest BCUT2D eigenvalue weighted by Gasteiger charge is -2.52. The number of piperidine rings is 3. The summed E-state index contributed by atoms with van der Waals surface area (Å²) in [6.45, 7) is 3.22. The molecule has 2 N–H and O–H groups in total. The third-order valence-corrected chi connectivity index (χ3v) is 7.50. The average molecular weight is 477 g/mol. The number of nitrogens with one attached hydrogen (secondary N) is 1. The highest BCUT2D eigenvalue weighted by Crippen LogP contribution is 2.38. The van der Waals surface area contributed by atoms with Gasteiger partial charge in [-0.2, -0.15) is 0 Å². The van der Waals surface area contributed by atoms with Crippen molar-refractivity contribution in [3.8, 4) is 0 Å². The Bertz CT molecular complexity index is 1100. The summed E-state index contributed by atoms with van der Waals surface area (Å²) in [4.78, 5) is 26.0. The zero-order valence-electron chi connectivity index (χ0n) is 19.5. The summed E-state index contributed by atoms with van der Waals surface area (Å²) in [6.07, 6.45) is 3.31. The minimum atomic E-state index is -1.89. The van der Waals surface area contributed by atoms with Gasteiger partial charge in [0.05, 0.1) is 26.1 Å². The molecule has 1 amide bonds. The summed E-state index contributed by atoms with van der Waals surface area (Å²) in [5, 5.41) is 18.2. The second kappa shape index (κ2) is 9.64. The number of benzene rings is 2. The lowest BCUT2D eigenvalue weighted by atomic mass is 9.82. The van der Waals surface area contributed by atoms with Gasteiger partial charge in [-0.3, -0.25) is 4.79 Å². The van der Waals surface area contributed by atoms with Crippen LogP contribution in [0.3, 0.4) is 0 Å². The summed E-state index contributed by atoms with van der Waals surface area (Å²) in [6, 6.07) is 19.5. The average Bonchev–Trinajstić information content (AvgIpc) is 3.42. The molecule has 35 heavy (non-hydrogen) atoms. The van der Waals surface area contributed by atoms with Crippen molar-refractivity contribution in [2.75, 3.05) is 31.5 Å². The summed E-state index contributed by atoms with van der Waals surface area (Å²) in [5.74, 6) is -0.107. The molecule has 1 aromatic heterocycles. The minimum Gasteiger partial charge on any atom is -0.453 e. The van der Waals surface area contributed by atoms with E-state index in [0.717, 1.165) is 30.4 Å². The van der Waals surface area contributed by atoms with Crippen LogP contribution in [-0.2, 0) is 19.9 Å². The molecular formula is C27H30N3O5+. The first-order chi connectivity index (χ1) is 17.0. The molecule has 0 radical (unpaired) electrons. The molecule has 3 fully saturated rings. The van der Waals surface area contributed by atoms with Crippen LogP contribution in [0.4, 0.5) is 5.82 Å². The van der Waals surface area contributed by atoms with Crippen LogP contribution in [0, 0.1) is 5.92 Å². The number of rotatable bonds is 8. The van der Waals surface area contributed by atoms with E-state index in [4.69, 9.17) is 9.26 Å². The fourth-order valence-electron chi connectivity index (χ4n) is 5.47. The standard InChI is InChI=1S/C27H29N3O5/c31-25(28-24-14-18-34-29-24)13-17-30-15-11-20(12-16-30)23(19-30)35-26(32)27(33,21-7-3-1-4-8-21)22-9-5-2-6-10-22/h1-10,14,18,20,23,33H,11-13,15-17,19H2/p+1/t20?,23-,30?/m0/s1. The molecular weight excluding hydrogens is 446 g/mol. The Hall–Kier alpha value is -3.49. The Morgan fingerprint density at radius 2 is 1.66 bits per heavy atom. The number of aliphatic hydroxyl groups is 1. The summed E-state index contributed by atoms with van der Waals surface area (Å²) < 4.78 is 11.6. The Balaban J connectivity index is 1.30. The number of amides is 1. The number of hydrogen-bond donors (Lipinski definition) is 2. The first kappa shape index (κ1) is 23.3. The van der Waals surface area contributed by atoms with E-state index in [9.17, 15) is 14.7 Å². The normalized spacial score (nSPS) is 23.6. The molecule has 0 saturated carbocycles. The Labute approximate surface area is 204 Å². The topological polar surface area (TPSA) is 102 Å². The molecule has 4 heterocycles. The highest BCUT2D eigenvalue weighted by molar-refractivity contribution is 5.89. The largest absolute Gasteiger partial charge is 0.453 e. The van der Waals surface area contributed by atoms with Crippen LogP contribution in [0.5, 0.6) is 0 Å². The molecule has 3 aromatic rings. The smallest absolute Gasteiger partial charge is 0.348 e. The second-order valence-corrected chi connectivity index (χ2v) is 9.60. The fraction of sp³-hybridized carbons (Fsp3) is 0.370. The van der Waals surface area contributed by atoms with Gasteiger partial charge in [-0.25, -0.2) is 4.79 Å². The molecule has 8 nitrogen and oxygen atoms in total. The Morgan fingerprint density at radius 3 is 2.23 bits per heavy atom. The maximum absolute atomic E-state index is 13.6. The predicted molar refractivity (Wildman–Crippen MR) is 128 cm³/mol. The number of carbonyl (C=O) groups is 2. The minimum absolute atomic E-state index is 0.116. The van der Waals surface area contributed by atoms with E-state index in [1.54, 1.807) is 54.6 Å². The van der Waals surface area contributed by atoms with Gasteiger partial charge >= 0.3 is 5.97 Å². The fourth-order valence-corrected chi connectivity index (χ4v) is 5.47. The van der Waals surface area contributed by atoms with E-state index in [-0.39, 0.29) is 17.9 Å². The summed E-state index contributed by atoms with van der Waals surface area (Å²) in [7, 11) is 0. The molecule has 3 aliphatic heterocycles. The summed E-state index contributed by atoms with van der Waals surface area (Å²) >= 11 is 0. The first-order valence-electron chi connectivity index (χ1n) is 12.1. The third-order valence-electron chi connectivity index (χ3n) is 7.50. The van der Waals surface area contributed by atoms with Crippen molar-refractivity contribution < 1.29 is 28.4 Å². The number of fused-ring (bicyclic) bond motifs is 3. The van der Waals surface area contributed by atoms with E-state index in [1.807, 2.05) is 12.1 Å². The number of aromatic nitrogens is 1. The third kappa shape index (κ3) is 4.72. The summed E-state index contributed by atoms with van der Waals surface area (Å²) in [5.41, 5.74) is -0.937. The zero-order valence-corrected chi connectivity index (χ0v) is 19.5. The lowest BCUT2D eigenvalue weighted by Crippen LogP contribution is -2.65. The monoisotopic (exact) mass is 476 g/mol. The van der Waals surface area contributed by atoms with Gasteiger partial charge in [0.1, 0.15) is 12.8 Å². The van der Waals surface area contributed by atoms with Gasteiger partial charge in [0.15, 0.2) is 11.9 Å². The van der Waals surface area contributed by atoms with Gasteiger partial charge in [-0.15, -0.1) is 0 Å². The molecule has 2 bridgehead atoms. The van der Waals surface area contributed by atoms with Crippen LogP contribution in [0.15, 0.2) is 77.5 Å². The number of quaternary nitrogens is 1. The number of anilines is 1. The van der Waals surface area contributed by atoms with Crippen molar-refractivity contribution in [3.05, 3.63) is 84.1 Å². The van der Waals surface area contributed by atoms with Crippen LogP contribution < -0.4 is 5.32 Å². The van der Waals surface area contributed by atoms with E-state index in [1.165, 1.54) is 6.26 Å². The Morgan fingerprint density at radius 1 is 1.03 bits per heavy atom. The molecule has 8 heteroatoms. The van der Waals surface area contributed by atoms with Crippen molar-refractivity contribution in [2.24, 2.45) is 5.92 Å². The maximum Gasteiger partial charge on any atom is 0.348 e. The van der Waals surface area contributed by atoms with Gasteiger partial charge in [0, 0.05) is 24.8 Å². The van der Waals surface area contributed by atoms with Crippen LogP contribution in [0.1, 0.15) is 30.4 Å². The highest BCUT2D eigenvalue weighted by Gasteiger charge is 2.50. The second-order valence-electron chi connectivity index (χ2n) is 9.60. The van der Waals surface area contributed by atoms with Gasteiger partial charge in [0.2, 0.25) is 11.5 Å². The molecule has 1 atom stereocenters. The molecule has 0 aliphatic carbocycles. The van der Waals surface area contributed by atoms with E-state index >= 15 is 0 Å². The van der Waals surface area contributed by atoms with Gasteiger partial charge < -0.3 is 24.2 Å². The van der Waals surface area contributed by atoms with Crippen molar-refractivity contribution in [1.82, 2.24) is 5.16 Å². The molecule has 0 spiro atoms. The van der Waals surface area contributed by atoms with Crippen LogP contribution >= 0.6 is 0 Å². The number of carbonyl (C=O) groups excluding carboxylic acids is 2. The number of nitrogens with zero attached hydrogens (tertiary/aromatic N) is 2. The van der Waals surface area contributed by atoms with Crippen molar-refractivity contribution in [1.29, 1.82) is 0 Å². The maximum atomic E-state index is 13.6. The van der Waals surface area contributed by atoms with Gasteiger partial charge in [0.25, 0.3) is 0 Å². The molecule has 3 saturated heterocycles. The van der Waals surface area contributed by atoms with Gasteiger partial charge in [-0.1, -0.05) is 65.8 Å². The lowest BCUT2D eigenvalue weighted by molar-refractivity contribution is -0.945. The Kier molecular flexibility index (Phi) is 6.40. The van der Waals surface area contributed by atoms with Crippen LogP contribution in [0.25, 0.3) is 0 Å². The van der Waals surface area contributed by atoms with Crippen molar-refractivity contribution in [3.63, 3.8) is 0 Å². The molecule has 182 valence electrons. The SMILES string of the molecule is O=C(CC[N+]12CCC(CC1)[C@@H](OC(=O)C(O)(c1ccccc1)c1ccccc1)C2)Nc1ccon1. The number of hydrogen-bond acceptors (Lipinski definition) is 6. The van der Waals surface area contributed by atoms with Crippen molar-refractivity contribution in [2.45, 2.75) is 31.0 Å². The van der Waals surface area contributed by atoms with Crippen LogP contribution in [0.2, 0.25) is 0 Å². The molecule has 0 unspecified atom stereocenters. The van der Waals surface area contributed by atoms with E-state index in [2.05, 4.69) is 10.5 Å². The first-order valence-corrected chi connectivity index (χ1v) is 12.1. The van der Waals surface area contributed by atoms with E-state index in [0.29, 0.717) is 36.5 Å². The number of ether oxygens (including phenoxy) is 1. The zero-order chi connectivity index (χ0) is 24.3. The highest BCUT2D eigenvalue weighted by atomic mass is 16.6. The van der Waals surface area contributed by atoms with Crippen LogP contribution in [-0.4, -0.2) is 58.9 Å². The number of esters is 1. The van der Waals surface area contributed by atoms with Gasteiger partial charge in [-0.05, 0) is 11.1 Å². The quantitative estimate of drug-likeness (QED) is 0.383. The molecule has 6 rings (SSSR count). The van der Waals surface area contributed by atoms with E-state index < -0.39 is 11.6 Å². The predicted octanol–water partition coefficient (Wildman–Crippen LogP) is 3.09. The van der Waals surface area contributed by atoms with Crippen molar-refractivity contribution >= 4 is 17.7 Å². The molecule has 2 aromatic carbocycles. The molecule has 3 aliphatic rings.